The van der Waals surface area contributed by atoms with Crippen molar-refractivity contribution in [2.75, 3.05) is 6.61 Å². The molecule has 0 aliphatic carbocycles. The molecule has 0 radical (unpaired) electrons. The fraction of sp³-hybridized carbons (Fsp3) is 1.00. The normalized spacial score (nSPS) is 30.1. The molecule has 0 amide bonds. The van der Waals surface area contributed by atoms with Gasteiger partial charge < -0.3 is 4.74 Å². The zero-order valence-corrected chi connectivity index (χ0v) is 11.3. The maximum Gasteiger partial charge on any atom is 0.242 e. The van der Waals surface area contributed by atoms with Crippen LogP contribution in [0.3, 0.4) is 0 Å². The predicted octanol–water partition coefficient (Wildman–Crippen LogP) is 2.65. The van der Waals surface area contributed by atoms with Gasteiger partial charge in [-0.2, -0.15) is 0 Å². The van der Waals surface area contributed by atoms with Gasteiger partial charge in [0, 0.05) is 18.0 Å². The Morgan fingerprint density at radius 2 is 2.08 bits per heavy atom. The third-order valence-electron chi connectivity index (χ3n) is 1.88. The van der Waals surface area contributed by atoms with Crippen LogP contribution in [-0.4, -0.2) is 25.8 Å². The van der Waals surface area contributed by atoms with Gasteiger partial charge in [0.05, 0.1) is 0 Å². The zero-order valence-electron chi connectivity index (χ0n) is 6.58. The summed E-state index contributed by atoms with van der Waals surface area (Å²) >= 11 is 9.76. The van der Waals surface area contributed by atoms with E-state index in [1.165, 1.54) is 0 Å². The van der Waals surface area contributed by atoms with Gasteiger partial charge in [-0.15, -0.1) is 0 Å². The number of hydrogen-bond acceptors (Lipinski definition) is 3. The van der Waals surface area contributed by atoms with E-state index in [2.05, 4.69) is 47.8 Å². The maximum absolute atomic E-state index is 10.7. The van der Waals surface area contributed by atoms with Crippen molar-refractivity contribution in [3.63, 3.8) is 0 Å². The number of rotatable bonds is 1. The van der Waals surface area contributed by atoms with Crippen LogP contribution in [0, 0.1) is 10.1 Å². The van der Waals surface area contributed by atoms with Gasteiger partial charge in [-0.1, -0.05) is 47.8 Å². The first-order valence-corrected chi connectivity index (χ1v) is 6.12. The number of nitrogens with zero attached hydrogens (tertiary/aromatic N) is 1. The largest absolute Gasteiger partial charge is 0.368 e. The van der Waals surface area contributed by atoms with E-state index in [9.17, 15) is 10.1 Å². The van der Waals surface area contributed by atoms with E-state index in [0.717, 1.165) is 6.42 Å². The molecule has 0 unspecified atom stereocenters. The Balaban J connectivity index is 2.73. The number of alkyl halides is 3. The second-order valence-corrected chi connectivity index (χ2v) is 9.77. The zero-order chi connectivity index (χ0) is 10.1. The number of ether oxygens (including phenoxy) is 1. The van der Waals surface area contributed by atoms with Crippen LogP contribution in [0.1, 0.15) is 12.8 Å². The van der Waals surface area contributed by atoms with Crippen molar-refractivity contribution in [1.82, 2.24) is 0 Å². The van der Waals surface area contributed by atoms with Crippen molar-refractivity contribution in [2.45, 2.75) is 27.1 Å². The molecule has 1 rings (SSSR count). The van der Waals surface area contributed by atoms with Crippen molar-refractivity contribution in [3.05, 3.63) is 10.1 Å². The Hall–Kier alpha value is 0.800. The highest BCUT2D eigenvalue weighted by Crippen LogP contribution is 2.42. The first-order valence-electron chi connectivity index (χ1n) is 3.74. The summed E-state index contributed by atoms with van der Waals surface area (Å²) in [5.41, 5.74) is 0. The fourth-order valence-corrected chi connectivity index (χ4v) is 2.61. The van der Waals surface area contributed by atoms with Crippen LogP contribution in [-0.2, 0) is 4.74 Å². The van der Waals surface area contributed by atoms with E-state index in [4.69, 9.17) is 4.74 Å². The first-order chi connectivity index (χ1) is 5.93. The van der Waals surface area contributed by atoms with Gasteiger partial charge in [0.15, 0.2) is 8.25 Å². The van der Waals surface area contributed by atoms with Crippen molar-refractivity contribution in [1.29, 1.82) is 0 Å². The second kappa shape index (κ2) is 4.55. The van der Waals surface area contributed by atoms with E-state index < -0.39 is 14.3 Å². The molecule has 0 aromatic heterocycles. The van der Waals surface area contributed by atoms with E-state index in [-0.39, 0.29) is 4.92 Å². The Labute approximate surface area is 101 Å². The summed E-state index contributed by atoms with van der Waals surface area (Å²) in [6.07, 6.45) is 0.809. The first kappa shape index (κ1) is 11.9. The van der Waals surface area contributed by atoms with Crippen LogP contribution >= 0.6 is 47.8 Å². The molecule has 7 heteroatoms. The molecule has 4 nitrogen and oxygen atoms in total. The maximum atomic E-state index is 10.7. The molecular weight excluding hydrogens is 374 g/mol. The molecule has 2 atom stereocenters. The van der Waals surface area contributed by atoms with Crippen molar-refractivity contribution in [3.8, 4) is 0 Å². The SMILES string of the molecule is O=[N+]([O-])[C@@H]1CCCO[C@H]1C(Br)(Br)Br. The van der Waals surface area contributed by atoms with Crippen LogP contribution in [0.5, 0.6) is 0 Å². The van der Waals surface area contributed by atoms with Gasteiger partial charge in [-0.3, -0.25) is 10.1 Å². The summed E-state index contributed by atoms with van der Waals surface area (Å²) in [4.78, 5) is 10.4. The number of nitro groups is 1. The molecule has 0 N–H and O–H groups in total. The van der Waals surface area contributed by atoms with Crippen molar-refractivity contribution < 1.29 is 9.66 Å². The van der Waals surface area contributed by atoms with Crippen LogP contribution in [0.15, 0.2) is 0 Å². The third kappa shape index (κ3) is 3.14. The molecule has 0 bridgehead atoms. The lowest BCUT2D eigenvalue weighted by molar-refractivity contribution is -0.539. The molecule has 0 saturated carbocycles. The van der Waals surface area contributed by atoms with E-state index in [0.29, 0.717) is 13.0 Å². The summed E-state index contributed by atoms with van der Waals surface area (Å²) in [6.45, 7) is 0.569. The molecule has 1 fully saturated rings. The van der Waals surface area contributed by atoms with E-state index >= 15 is 0 Å². The third-order valence-corrected chi connectivity index (χ3v) is 3.24. The highest BCUT2D eigenvalue weighted by Gasteiger charge is 2.46. The lowest BCUT2D eigenvalue weighted by Gasteiger charge is -2.31. The summed E-state index contributed by atoms with van der Waals surface area (Å²) in [6, 6.07) is -0.660. The Kier molecular flexibility index (Phi) is 4.15. The van der Waals surface area contributed by atoms with Gasteiger partial charge >= 0.3 is 0 Å². The summed E-state index contributed by atoms with van der Waals surface area (Å²) in [7, 11) is 0. The van der Waals surface area contributed by atoms with Gasteiger partial charge in [0.2, 0.25) is 6.04 Å². The predicted molar refractivity (Wildman–Crippen MR) is 59.3 cm³/mol. The van der Waals surface area contributed by atoms with E-state index in [1.807, 2.05) is 0 Å². The minimum atomic E-state index is -0.703. The van der Waals surface area contributed by atoms with Crippen LogP contribution in [0.25, 0.3) is 0 Å². The molecule has 1 aliphatic heterocycles. The topological polar surface area (TPSA) is 52.4 Å². The molecular formula is C6H8Br3NO3. The molecule has 13 heavy (non-hydrogen) atoms. The quantitative estimate of drug-likeness (QED) is 0.398. The number of halogens is 3. The number of hydrogen-bond donors (Lipinski definition) is 0. The summed E-state index contributed by atoms with van der Waals surface area (Å²) in [5.74, 6) is 0. The van der Waals surface area contributed by atoms with Crippen molar-refractivity contribution >= 4 is 47.8 Å². The van der Waals surface area contributed by atoms with Crippen LogP contribution < -0.4 is 0 Å². The lowest BCUT2D eigenvalue weighted by atomic mass is 10.1. The minimum absolute atomic E-state index is 0.289. The Bertz CT molecular complexity index is 206. The average molecular weight is 382 g/mol. The average Bonchev–Trinajstić information content (AvgIpc) is 2.03. The molecule has 1 aliphatic rings. The second-order valence-electron chi connectivity index (χ2n) is 2.83. The van der Waals surface area contributed by atoms with Crippen LogP contribution in [0.4, 0.5) is 0 Å². The summed E-state index contributed by atoms with van der Waals surface area (Å²) in [5, 5.41) is 10.7. The molecule has 0 spiro atoms. The van der Waals surface area contributed by atoms with Crippen LogP contribution in [0.2, 0.25) is 0 Å². The smallest absolute Gasteiger partial charge is 0.242 e. The molecule has 0 aromatic carbocycles. The highest BCUT2D eigenvalue weighted by atomic mass is 80.0. The summed E-state index contributed by atoms with van der Waals surface area (Å²) < 4.78 is 4.63. The van der Waals surface area contributed by atoms with Gasteiger partial charge in [-0.05, 0) is 6.42 Å². The van der Waals surface area contributed by atoms with Gasteiger partial charge in [-0.25, -0.2) is 0 Å². The standard InChI is InChI=1S/C6H8Br3NO3/c7-6(8,9)5-4(10(11)12)2-1-3-13-5/h4-5H,1-3H2/t4-,5-/m1/s1. The lowest BCUT2D eigenvalue weighted by Crippen LogP contribution is -2.46. The molecule has 0 aromatic rings. The van der Waals surface area contributed by atoms with Gasteiger partial charge in [0.1, 0.15) is 0 Å². The van der Waals surface area contributed by atoms with Gasteiger partial charge in [0.25, 0.3) is 0 Å². The van der Waals surface area contributed by atoms with E-state index in [1.54, 1.807) is 0 Å². The van der Waals surface area contributed by atoms with Crippen molar-refractivity contribution in [2.24, 2.45) is 0 Å². The molecule has 76 valence electrons. The Morgan fingerprint density at radius 3 is 2.46 bits per heavy atom. The monoisotopic (exact) mass is 379 g/mol. The minimum Gasteiger partial charge on any atom is -0.368 e. The molecule has 1 saturated heterocycles. The Morgan fingerprint density at radius 1 is 1.46 bits per heavy atom. The fourth-order valence-electron chi connectivity index (χ4n) is 1.29. The highest BCUT2D eigenvalue weighted by molar-refractivity contribution is 9.39. The molecule has 1 heterocycles.